The van der Waals surface area contributed by atoms with Gasteiger partial charge in [0.15, 0.2) is 0 Å². The van der Waals surface area contributed by atoms with Gasteiger partial charge in [0, 0.05) is 11.3 Å². The van der Waals surface area contributed by atoms with Crippen LogP contribution in [0.15, 0.2) is 24.3 Å². The highest BCUT2D eigenvalue weighted by molar-refractivity contribution is 7.91. The van der Waals surface area contributed by atoms with Crippen LogP contribution in [0.4, 0.5) is 0 Å². The van der Waals surface area contributed by atoms with Crippen molar-refractivity contribution >= 4 is 9.84 Å². The fourth-order valence-corrected chi connectivity index (χ4v) is 4.46. The minimum absolute atomic E-state index is 0.200. The Hall–Kier alpha value is -0.870. The molecule has 4 heteroatoms. The van der Waals surface area contributed by atoms with Gasteiger partial charge in [-0.15, -0.1) is 0 Å². The van der Waals surface area contributed by atoms with Gasteiger partial charge in [-0.1, -0.05) is 31.2 Å². The molecule has 0 aliphatic heterocycles. The number of hydrogen-bond donors (Lipinski definition) is 1. The highest BCUT2D eigenvalue weighted by atomic mass is 32.2. The van der Waals surface area contributed by atoms with E-state index in [2.05, 4.69) is 12.1 Å². The van der Waals surface area contributed by atoms with Crippen molar-refractivity contribution in [1.29, 1.82) is 0 Å². The van der Waals surface area contributed by atoms with Crippen LogP contribution in [-0.4, -0.2) is 19.9 Å². The van der Waals surface area contributed by atoms with Gasteiger partial charge in [-0.25, -0.2) is 8.42 Å². The molecule has 19 heavy (non-hydrogen) atoms. The average molecular weight is 281 g/mol. The third kappa shape index (κ3) is 3.37. The monoisotopic (exact) mass is 281 g/mol. The van der Waals surface area contributed by atoms with E-state index in [1.807, 2.05) is 19.1 Å². The lowest BCUT2D eigenvalue weighted by Gasteiger charge is -2.36. The second-order valence-corrected chi connectivity index (χ2v) is 7.87. The zero-order valence-corrected chi connectivity index (χ0v) is 12.4. The van der Waals surface area contributed by atoms with Gasteiger partial charge >= 0.3 is 0 Å². The lowest BCUT2D eigenvalue weighted by Crippen LogP contribution is -2.41. The molecular weight excluding hydrogens is 258 g/mol. The fraction of sp³-hybridized carbons (Fsp3) is 0.600. The van der Waals surface area contributed by atoms with Crippen LogP contribution in [0.5, 0.6) is 0 Å². The first kappa shape index (κ1) is 14.5. The SMILES string of the molecule is CCCS(=O)(=O)CCC1(N)CCCc2ccccc21. The van der Waals surface area contributed by atoms with E-state index in [0.717, 1.165) is 24.8 Å². The predicted molar refractivity (Wildman–Crippen MR) is 78.8 cm³/mol. The summed E-state index contributed by atoms with van der Waals surface area (Å²) >= 11 is 0. The Morgan fingerprint density at radius 2 is 2.00 bits per heavy atom. The molecule has 0 amide bonds. The topological polar surface area (TPSA) is 60.2 Å². The van der Waals surface area contributed by atoms with E-state index in [9.17, 15) is 8.42 Å². The van der Waals surface area contributed by atoms with Crippen LogP contribution < -0.4 is 5.73 Å². The van der Waals surface area contributed by atoms with Crippen molar-refractivity contribution in [1.82, 2.24) is 0 Å². The number of benzene rings is 1. The summed E-state index contributed by atoms with van der Waals surface area (Å²) in [6, 6.07) is 8.18. The van der Waals surface area contributed by atoms with Gasteiger partial charge in [0.2, 0.25) is 0 Å². The Kier molecular flexibility index (Phi) is 4.31. The Morgan fingerprint density at radius 1 is 1.26 bits per heavy atom. The van der Waals surface area contributed by atoms with E-state index in [0.29, 0.717) is 12.8 Å². The molecule has 2 N–H and O–H groups in total. The number of nitrogens with two attached hydrogens (primary N) is 1. The molecular formula is C15H23NO2S. The molecule has 1 aliphatic rings. The summed E-state index contributed by atoms with van der Waals surface area (Å²) in [5, 5.41) is 0. The van der Waals surface area contributed by atoms with Gasteiger partial charge in [-0.2, -0.15) is 0 Å². The highest BCUT2D eigenvalue weighted by Crippen LogP contribution is 2.35. The van der Waals surface area contributed by atoms with Crippen LogP contribution in [0, 0.1) is 0 Å². The van der Waals surface area contributed by atoms with E-state index in [1.54, 1.807) is 0 Å². The molecule has 106 valence electrons. The van der Waals surface area contributed by atoms with E-state index < -0.39 is 15.4 Å². The molecule has 0 heterocycles. The van der Waals surface area contributed by atoms with Crippen molar-refractivity contribution in [2.24, 2.45) is 5.73 Å². The molecule has 0 saturated heterocycles. The lowest BCUT2D eigenvalue weighted by atomic mass is 9.76. The summed E-state index contributed by atoms with van der Waals surface area (Å²) in [5.74, 6) is 0.469. The summed E-state index contributed by atoms with van der Waals surface area (Å²) < 4.78 is 23.7. The Morgan fingerprint density at radius 3 is 2.74 bits per heavy atom. The summed E-state index contributed by atoms with van der Waals surface area (Å²) in [7, 11) is -2.95. The third-order valence-electron chi connectivity index (χ3n) is 4.00. The Balaban J connectivity index is 2.16. The van der Waals surface area contributed by atoms with Gasteiger partial charge in [-0.3, -0.25) is 0 Å². The molecule has 2 rings (SSSR count). The van der Waals surface area contributed by atoms with Crippen molar-refractivity contribution in [3.05, 3.63) is 35.4 Å². The molecule has 0 spiro atoms. The number of hydrogen-bond acceptors (Lipinski definition) is 3. The summed E-state index contributed by atoms with van der Waals surface area (Å²) in [4.78, 5) is 0. The molecule has 1 aliphatic carbocycles. The first-order valence-electron chi connectivity index (χ1n) is 7.04. The van der Waals surface area contributed by atoms with E-state index in [-0.39, 0.29) is 11.5 Å². The minimum atomic E-state index is -2.95. The smallest absolute Gasteiger partial charge is 0.150 e. The van der Waals surface area contributed by atoms with Crippen LogP contribution >= 0.6 is 0 Å². The average Bonchev–Trinajstić information content (AvgIpc) is 2.38. The maximum absolute atomic E-state index is 11.9. The second kappa shape index (κ2) is 5.63. The van der Waals surface area contributed by atoms with Gasteiger partial charge in [0.1, 0.15) is 9.84 Å². The zero-order chi connectivity index (χ0) is 13.9. The van der Waals surface area contributed by atoms with Crippen LogP contribution in [0.25, 0.3) is 0 Å². The first-order valence-corrected chi connectivity index (χ1v) is 8.87. The standard InChI is InChI=1S/C15H23NO2S/c1-2-11-19(17,18)12-10-15(16)9-5-7-13-6-3-4-8-14(13)15/h3-4,6,8H,2,5,7,9-12,16H2,1H3. The fourth-order valence-electron chi connectivity index (χ4n) is 2.96. The van der Waals surface area contributed by atoms with E-state index >= 15 is 0 Å². The Bertz CT molecular complexity index is 539. The largest absolute Gasteiger partial charge is 0.321 e. The van der Waals surface area contributed by atoms with E-state index in [4.69, 9.17) is 5.73 Å². The van der Waals surface area contributed by atoms with Crippen LogP contribution in [0.2, 0.25) is 0 Å². The third-order valence-corrected chi connectivity index (χ3v) is 5.85. The molecule has 1 aromatic carbocycles. The predicted octanol–water partition coefficient (Wildman–Crippen LogP) is 2.39. The Labute approximate surface area is 116 Å². The quantitative estimate of drug-likeness (QED) is 0.901. The van der Waals surface area contributed by atoms with Gasteiger partial charge < -0.3 is 5.73 Å². The van der Waals surface area contributed by atoms with Crippen molar-refractivity contribution in [3.8, 4) is 0 Å². The van der Waals surface area contributed by atoms with Crippen LogP contribution in [-0.2, 0) is 21.8 Å². The first-order chi connectivity index (χ1) is 8.97. The second-order valence-electron chi connectivity index (χ2n) is 5.57. The van der Waals surface area contributed by atoms with Crippen LogP contribution in [0.3, 0.4) is 0 Å². The minimum Gasteiger partial charge on any atom is -0.321 e. The van der Waals surface area contributed by atoms with Crippen molar-refractivity contribution < 1.29 is 8.42 Å². The normalized spacial score (nSPS) is 23.1. The van der Waals surface area contributed by atoms with Gasteiger partial charge in [0.05, 0.1) is 5.75 Å². The number of rotatable bonds is 5. The molecule has 1 atom stereocenters. The molecule has 3 nitrogen and oxygen atoms in total. The van der Waals surface area contributed by atoms with Crippen molar-refractivity contribution in [2.75, 3.05) is 11.5 Å². The van der Waals surface area contributed by atoms with Crippen molar-refractivity contribution in [3.63, 3.8) is 0 Å². The molecule has 1 aromatic rings. The summed E-state index contributed by atoms with van der Waals surface area (Å²) in [6.45, 7) is 1.89. The van der Waals surface area contributed by atoms with Crippen molar-refractivity contribution in [2.45, 2.75) is 44.6 Å². The molecule has 0 fully saturated rings. The van der Waals surface area contributed by atoms with E-state index in [1.165, 1.54) is 5.56 Å². The molecule has 0 bridgehead atoms. The van der Waals surface area contributed by atoms with Gasteiger partial charge in [-0.05, 0) is 43.2 Å². The summed E-state index contributed by atoms with van der Waals surface area (Å²) in [6.07, 6.45) is 4.19. The zero-order valence-electron chi connectivity index (χ0n) is 11.6. The van der Waals surface area contributed by atoms with Crippen LogP contribution in [0.1, 0.15) is 43.7 Å². The number of fused-ring (bicyclic) bond motifs is 1. The number of sulfone groups is 1. The summed E-state index contributed by atoms with van der Waals surface area (Å²) in [5.41, 5.74) is 8.47. The molecule has 0 saturated carbocycles. The molecule has 0 aromatic heterocycles. The number of aryl methyl sites for hydroxylation is 1. The molecule has 1 unspecified atom stereocenters. The molecule has 0 radical (unpaired) electrons. The maximum atomic E-state index is 11.9. The van der Waals surface area contributed by atoms with Gasteiger partial charge in [0.25, 0.3) is 0 Å². The maximum Gasteiger partial charge on any atom is 0.150 e. The lowest BCUT2D eigenvalue weighted by molar-refractivity contribution is 0.360. The highest BCUT2D eigenvalue weighted by Gasteiger charge is 2.33.